The van der Waals surface area contributed by atoms with Crippen LogP contribution in [-0.4, -0.2) is 61.5 Å². The van der Waals surface area contributed by atoms with Gasteiger partial charge < -0.3 is 14.5 Å². The normalized spacial score (nSPS) is 10.7. The van der Waals surface area contributed by atoms with Gasteiger partial charge >= 0.3 is 5.97 Å². The number of ether oxygens (including phenoxy) is 1. The summed E-state index contributed by atoms with van der Waals surface area (Å²) in [5.41, 5.74) is 0.576. The molecule has 0 spiro atoms. The van der Waals surface area contributed by atoms with Crippen LogP contribution in [0.4, 0.5) is 0 Å². The summed E-state index contributed by atoms with van der Waals surface area (Å²) in [5, 5.41) is 0.592. The van der Waals surface area contributed by atoms with E-state index in [1.807, 2.05) is 0 Å². The summed E-state index contributed by atoms with van der Waals surface area (Å²) in [7, 11) is 1.36. The maximum absolute atomic E-state index is 12.7. The topological polar surface area (TPSA) is 49.9 Å². The zero-order valence-corrected chi connectivity index (χ0v) is 15.5. The average molecular weight is 355 g/mol. The molecule has 0 aliphatic rings. The van der Waals surface area contributed by atoms with Gasteiger partial charge in [-0.05, 0) is 50.3 Å². The summed E-state index contributed by atoms with van der Waals surface area (Å²) < 4.78 is 4.68. The fraction of sp³-hybridized carbons (Fsp3) is 0.556. The minimum absolute atomic E-state index is 0.0879. The van der Waals surface area contributed by atoms with Crippen molar-refractivity contribution in [1.82, 2.24) is 9.80 Å². The van der Waals surface area contributed by atoms with E-state index in [2.05, 4.69) is 23.5 Å². The fourth-order valence-electron chi connectivity index (χ4n) is 2.44. The van der Waals surface area contributed by atoms with Crippen molar-refractivity contribution in [2.45, 2.75) is 26.7 Å². The molecule has 0 bridgehead atoms. The van der Waals surface area contributed by atoms with Gasteiger partial charge in [0.1, 0.15) is 0 Å². The van der Waals surface area contributed by atoms with Crippen molar-refractivity contribution in [3.63, 3.8) is 0 Å². The van der Waals surface area contributed by atoms with Crippen LogP contribution in [-0.2, 0) is 9.53 Å². The number of benzene rings is 1. The second-order valence-corrected chi connectivity index (χ2v) is 5.94. The van der Waals surface area contributed by atoms with Crippen LogP contribution in [0.1, 0.15) is 37.0 Å². The Hall–Kier alpha value is -1.59. The first kappa shape index (κ1) is 20.5. The smallest absolute Gasteiger partial charge is 0.307 e. The monoisotopic (exact) mass is 354 g/mol. The Labute approximate surface area is 149 Å². The lowest BCUT2D eigenvalue weighted by molar-refractivity contribution is -0.140. The van der Waals surface area contributed by atoms with Crippen LogP contribution in [0, 0.1) is 0 Å². The van der Waals surface area contributed by atoms with E-state index in [-0.39, 0.29) is 18.3 Å². The van der Waals surface area contributed by atoms with Crippen LogP contribution in [0.25, 0.3) is 0 Å². The number of hydrogen-bond donors (Lipinski definition) is 0. The molecule has 0 unspecified atom stereocenters. The SMILES string of the molecule is CCN(CC)CCCN(CCC(=O)OC)C(=O)c1ccc(Cl)cc1. The first-order valence-electron chi connectivity index (χ1n) is 8.35. The van der Waals surface area contributed by atoms with Crippen LogP contribution in [0.5, 0.6) is 0 Å². The van der Waals surface area contributed by atoms with E-state index in [0.717, 1.165) is 26.1 Å². The second-order valence-electron chi connectivity index (χ2n) is 5.51. The third-order valence-electron chi connectivity index (χ3n) is 3.99. The molecule has 1 rings (SSSR count). The van der Waals surface area contributed by atoms with Crippen molar-refractivity contribution >= 4 is 23.5 Å². The highest BCUT2D eigenvalue weighted by Gasteiger charge is 2.17. The highest BCUT2D eigenvalue weighted by molar-refractivity contribution is 6.30. The standard InChI is InChI=1S/C18H27ClN2O3/c1-4-20(5-2)12-6-13-21(14-11-17(22)24-3)18(23)15-7-9-16(19)10-8-15/h7-10H,4-6,11-14H2,1-3H3. The van der Waals surface area contributed by atoms with E-state index in [0.29, 0.717) is 23.7 Å². The number of methoxy groups -OCH3 is 1. The highest BCUT2D eigenvalue weighted by atomic mass is 35.5. The Morgan fingerprint density at radius 1 is 1.04 bits per heavy atom. The molecule has 1 aromatic carbocycles. The number of hydrogen-bond acceptors (Lipinski definition) is 4. The number of carbonyl (C=O) groups is 2. The summed E-state index contributed by atoms with van der Waals surface area (Å²) >= 11 is 5.88. The van der Waals surface area contributed by atoms with Crippen LogP contribution in [0.2, 0.25) is 5.02 Å². The summed E-state index contributed by atoms with van der Waals surface area (Å²) in [5.74, 6) is -0.400. The van der Waals surface area contributed by atoms with Crippen LogP contribution >= 0.6 is 11.6 Å². The molecule has 0 saturated heterocycles. The molecule has 134 valence electrons. The van der Waals surface area contributed by atoms with Gasteiger partial charge in [-0.2, -0.15) is 0 Å². The van der Waals surface area contributed by atoms with Crippen molar-refractivity contribution in [3.05, 3.63) is 34.9 Å². The molecule has 1 amide bonds. The fourth-order valence-corrected chi connectivity index (χ4v) is 2.57. The number of halogens is 1. The van der Waals surface area contributed by atoms with Crippen LogP contribution in [0.3, 0.4) is 0 Å². The van der Waals surface area contributed by atoms with E-state index in [4.69, 9.17) is 11.6 Å². The Kier molecular flexibility index (Phi) is 9.42. The Balaban J connectivity index is 2.70. The summed E-state index contributed by atoms with van der Waals surface area (Å²) in [6, 6.07) is 6.81. The minimum atomic E-state index is -0.312. The zero-order valence-electron chi connectivity index (χ0n) is 14.8. The van der Waals surface area contributed by atoms with Gasteiger partial charge in [-0.3, -0.25) is 9.59 Å². The molecule has 0 aliphatic heterocycles. The molecule has 24 heavy (non-hydrogen) atoms. The van der Waals surface area contributed by atoms with E-state index < -0.39 is 0 Å². The second kappa shape index (κ2) is 11.0. The number of carbonyl (C=O) groups excluding carboxylic acids is 2. The molecule has 6 heteroatoms. The summed E-state index contributed by atoms with van der Waals surface area (Å²) in [6.07, 6.45) is 1.06. The van der Waals surface area contributed by atoms with Gasteiger partial charge in [0.05, 0.1) is 13.5 Å². The van der Waals surface area contributed by atoms with E-state index >= 15 is 0 Å². The highest BCUT2D eigenvalue weighted by Crippen LogP contribution is 2.12. The third-order valence-corrected chi connectivity index (χ3v) is 4.24. The zero-order chi connectivity index (χ0) is 17.9. The maximum Gasteiger partial charge on any atom is 0.307 e. The molecule has 0 N–H and O–H groups in total. The summed E-state index contributed by atoms with van der Waals surface area (Å²) in [4.78, 5) is 28.1. The van der Waals surface area contributed by atoms with Gasteiger partial charge in [0, 0.05) is 23.7 Å². The van der Waals surface area contributed by atoms with Gasteiger partial charge in [-0.1, -0.05) is 25.4 Å². The van der Waals surface area contributed by atoms with Gasteiger partial charge in [0.25, 0.3) is 5.91 Å². The van der Waals surface area contributed by atoms with Crippen molar-refractivity contribution < 1.29 is 14.3 Å². The Morgan fingerprint density at radius 2 is 1.67 bits per heavy atom. The molecule has 0 aromatic heterocycles. The molecule has 0 atom stereocenters. The van der Waals surface area contributed by atoms with Crippen molar-refractivity contribution in [3.8, 4) is 0 Å². The van der Waals surface area contributed by atoms with Gasteiger partial charge in [-0.25, -0.2) is 0 Å². The summed E-state index contributed by atoms with van der Waals surface area (Å²) in [6.45, 7) is 8.11. The maximum atomic E-state index is 12.7. The quantitative estimate of drug-likeness (QED) is 0.606. The molecule has 0 saturated carbocycles. The Morgan fingerprint density at radius 3 is 2.21 bits per heavy atom. The lowest BCUT2D eigenvalue weighted by Gasteiger charge is -2.24. The predicted molar refractivity (Wildman–Crippen MR) is 96.4 cm³/mol. The minimum Gasteiger partial charge on any atom is -0.469 e. The molecular formula is C18H27ClN2O3. The molecule has 0 radical (unpaired) electrons. The number of rotatable bonds is 10. The van der Waals surface area contributed by atoms with Crippen molar-refractivity contribution in [2.75, 3.05) is 39.8 Å². The van der Waals surface area contributed by atoms with Gasteiger partial charge in [-0.15, -0.1) is 0 Å². The average Bonchev–Trinajstić information content (AvgIpc) is 2.61. The Bertz CT molecular complexity index is 516. The largest absolute Gasteiger partial charge is 0.469 e. The molecule has 0 fully saturated rings. The molecule has 0 heterocycles. The lowest BCUT2D eigenvalue weighted by Crippen LogP contribution is -2.36. The molecule has 0 aliphatic carbocycles. The van der Waals surface area contributed by atoms with Crippen LogP contribution in [0.15, 0.2) is 24.3 Å². The van der Waals surface area contributed by atoms with E-state index in [9.17, 15) is 9.59 Å². The first-order chi connectivity index (χ1) is 11.5. The number of esters is 1. The van der Waals surface area contributed by atoms with Crippen LogP contribution < -0.4 is 0 Å². The first-order valence-corrected chi connectivity index (χ1v) is 8.73. The molecular weight excluding hydrogens is 328 g/mol. The van der Waals surface area contributed by atoms with E-state index in [1.165, 1.54) is 7.11 Å². The number of nitrogens with zero attached hydrogens (tertiary/aromatic N) is 2. The van der Waals surface area contributed by atoms with E-state index in [1.54, 1.807) is 29.2 Å². The molecule has 5 nitrogen and oxygen atoms in total. The van der Waals surface area contributed by atoms with Crippen molar-refractivity contribution in [2.24, 2.45) is 0 Å². The lowest BCUT2D eigenvalue weighted by atomic mass is 10.2. The van der Waals surface area contributed by atoms with Gasteiger partial charge in [0.2, 0.25) is 0 Å². The van der Waals surface area contributed by atoms with Gasteiger partial charge in [0.15, 0.2) is 0 Å². The third kappa shape index (κ3) is 6.89. The molecule has 1 aromatic rings. The predicted octanol–water partition coefficient (Wildman–Crippen LogP) is 3.08. The van der Waals surface area contributed by atoms with Crippen molar-refractivity contribution in [1.29, 1.82) is 0 Å². The number of amides is 1.